The van der Waals surface area contributed by atoms with Crippen molar-refractivity contribution in [2.75, 3.05) is 13.1 Å². The molecule has 2 aromatic rings. The van der Waals surface area contributed by atoms with Crippen molar-refractivity contribution in [3.05, 3.63) is 71.0 Å². The van der Waals surface area contributed by atoms with Gasteiger partial charge in [-0.05, 0) is 86.6 Å². The summed E-state index contributed by atoms with van der Waals surface area (Å²) in [4.78, 5) is 0. The average Bonchev–Trinajstić information content (AvgIpc) is 2.84. The van der Waals surface area contributed by atoms with Crippen LogP contribution in [-0.2, 0) is 37.8 Å². The number of aliphatic hydroxyl groups is 1. The van der Waals surface area contributed by atoms with E-state index in [1.165, 1.54) is 24.3 Å². The molecule has 1 atom stereocenters. The van der Waals surface area contributed by atoms with Gasteiger partial charge in [0, 0.05) is 13.1 Å². The Kier molecular flexibility index (Phi) is 9.90. The van der Waals surface area contributed by atoms with E-state index in [0.717, 1.165) is 24.0 Å². The van der Waals surface area contributed by atoms with Crippen molar-refractivity contribution >= 4 is 20.0 Å². The Morgan fingerprint density at radius 1 is 0.919 bits per heavy atom. The minimum absolute atomic E-state index is 0.187. The number of benzene rings is 2. The second-order valence-corrected chi connectivity index (χ2v) is 14.6. The monoisotopic (exact) mass is 554 g/mol. The van der Waals surface area contributed by atoms with E-state index in [9.17, 15) is 26.3 Å². The topological polar surface area (TPSA) is 113 Å². The highest BCUT2D eigenvalue weighted by molar-refractivity contribution is 7.90. The Morgan fingerprint density at radius 2 is 1.49 bits per heavy atom. The molecule has 0 saturated heterocycles. The molecule has 0 aromatic heterocycles. The standard InChI is InChI=1S/C27H39FN2O5S2/c1-20(2)37(34,35)30-18-21(3)24-12-15-27(31,16-13-24)25-8-4-22(5-9-25)14-17-29-36(32,33)19-23-6-10-26(28)11-7-23/h4-11,20-21,24,29-31H,12-19H2,1-3H3. The van der Waals surface area contributed by atoms with Gasteiger partial charge in [0.15, 0.2) is 0 Å². The van der Waals surface area contributed by atoms with E-state index >= 15 is 0 Å². The van der Waals surface area contributed by atoms with Crippen molar-refractivity contribution < 1.29 is 26.3 Å². The van der Waals surface area contributed by atoms with Crippen LogP contribution in [0.25, 0.3) is 0 Å². The van der Waals surface area contributed by atoms with Crippen LogP contribution in [0.15, 0.2) is 48.5 Å². The highest BCUT2D eigenvalue weighted by atomic mass is 32.2. The first kappa shape index (κ1) is 29.7. The molecule has 10 heteroatoms. The lowest BCUT2D eigenvalue weighted by Gasteiger charge is -2.38. The third-order valence-corrected chi connectivity index (χ3v) is 10.6. The van der Waals surface area contributed by atoms with Crippen molar-refractivity contribution in [2.45, 2.75) is 69.5 Å². The van der Waals surface area contributed by atoms with Crippen LogP contribution in [0.2, 0.25) is 0 Å². The lowest BCUT2D eigenvalue weighted by molar-refractivity contribution is -0.0207. The van der Waals surface area contributed by atoms with E-state index < -0.39 is 36.7 Å². The Balaban J connectivity index is 1.47. The van der Waals surface area contributed by atoms with Crippen LogP contribution in [0.3, 0.4) is 0 Å². The molecule has 0 amide bonds. The van der Waals surface area contributed by atoms with Crippen molar-refractivity contribution in [3.63, 3.8) is 0 Å². The lowest BCUT2D eigenvalue weighted by Crippen LogP contribution is -2.38. The number of nitrogens with one attached hydrogen (secondary N) is 2. The Bertz CT molecular complexity index is 1220. The largest absolute Gasteiger partial charge is 0.385 e. The quantitative estimate of drug-likeness (QED) is 0.369. The van der Waals surface area contributed by atoms with Crippen LogP contribution in [0.5, 0.6) is 0 Å². The normalized spacial score (nSPS) is 21.7. The zero-order valence-electron chi connectivity index (χ0n) is 21.8. The number of halogens is 1. The second-order valence-electron chi connectivity index (χ2n) is 10.5. The SMILES string of the molecule is CC(CNS(=O)(=O)C(C)C)C1CCC(O)(c2ccc(CCNS(=O)(=O)Cc3ccc(F)cc3)cc2)CC1. The summed E-state index contributed by atoms with van der Waals surface area (Å²) in [6.45, 7) is 6.03. The van der Waals surface area contributed by atoms with Crippen molar-refractivity contribution in [1.29, 1.82) is 0 Å². The zero-order chi connectivity index (χ0) is 27.3. The molecular weight excluding hydrogens is 515 g/mol. The predicted octanol–water partition coefficient (Wildman–Crippen LogP) is 3.83. The highest BCUT2D eigenvalue weighted by Gasteiger charge is 2.36. The van der Waals surface area contributed by atoms with E-state index in [2.05, 4.69) is 16.4 Å². The molecule has 1 aliphatic carbocycles. The molecule has 3 rings (SSSR count). The minimum atomic E-state index is -3.53. The number of hydrogen-bond acceptors (Lipinski definition) is 5. The number of hydrogen-bond donors (Lipinski definition) is 3. The van der Waals surface area contributed by atoms with Crippen molar-refractivity contribution in [1.82, 2.24) is 9.44 Å². The smallest absolute Gasteiger partial charge is 0.215 e. The summed E-state index contributed by atoms with van der Waals surface area (Å²) in [5, 5.41) is 10.8. The summed E-state index contributed by atoms with van der Waals surface area (Å²) in [6, 6.07) is 13.0. The maximum absolute atomic E-state index is 13.0. The van der Waals surface area contributed by atoms with Crippen molar-refractivity contribution in [2.24, 2.45) is 11.8 Å². The van der Waals surface area contributed by atoms with E-state index in [4.69, 9.17) is 0 Å². The maximum atomic E-state index is 13.0. The van der Waals surface area contributed by atoms with Gasteiger partial charge in [0.1, 0.15) is 5.82 Å². The molecule has 0 radical (unpaired) electrons. The van der Waals surface area contributed by atoms with Crippen LogP contribution in [0.4, 0.5) is 4.39 Å². The molecule has 0 heterocycles. The van der Waals surface area contributed by atoms with Gasteiger partial charge in [0.05, 0.1) is 16.6 Å². The highest BCUT2D eigenvalue weighted by Crippen LogP contribution is 2.41. The van der Waals surface area contributed by atoms with Crippen LogP contribution >= 0.6 is 0 Å². The third-order valence-electron chi connectivity index (χ3n) is 7.39. The van der Waals surface area contributed by atoms with E-state index in [-0.39, 0.29) is 18.2 Å². The van der Waals surface area contributed by atoms with E-state index in [0.29, 0.717) is 37.3 Å². The first-order chi connectivity index (χ1) is 17.3. The third kappa shape index (κ3) is 8.58. The second kappa shape index (κ2) is 12.3. The molecule has 2 aromatic carbocycles. The van der Waals surface area contributed by atoms with Gasteiger partial charge in [-0.2, -0.15) is 0 Å². The van der Waals surface area contributed by atoms with E-state index in [1.54, 1.807) is 13.8 Å². The number of rotatable bonds is 12. The summed E-state index contributed by atoms with van der Waals surface area (Å²) in [6.07, 6.45) is 3.37. The zero-order valence-corrected chi connectivity index (χ0v) is 23.4. The summed E-state index contributed by atoms with van der Waals surface area (Å²) >= 11 is 0. The molecule has 1 unspecified atom stereocenters. The summed E-state index contributed by atoms with van der Waals surface area (Å²) < 4.78 is 67.0. The molecule has 0 spiro atoms. The Hall–Kier alpha value is -1.85. The van der Waals surface area contributed by atoms with Gasteiger partial charge in [-0.25, -0.2) is 30.7 Å². The predicted molar refractivity (Wildman–Crippen MR) is 144 cm³/mol. The molecule has 206 valence electrons. The molecule has 0 bridgehead atoms. The van der Waals surface area contributed by atoms with Gasteiger partial charge in [0.25, 0.3) is 0 Å². The summed E-state index contributed by atoms with van der Waals surface area (Å²) in [5.41, 5.74) is 1.41. The Morgan fingerprint density at radius 3 is 2.05 bits per heavy atom. The molecule has 3 N–H and O–H groups in total. The minimum Gasteiger partial charge on any atom is -0.385 e. The molecule has 37 heavy (non-hydrogen) atoms. The first-order valence-electron chi connectivity index (χ1n) is 12.8. The maximum Gasteiger partial charge on any atom is 0.215 e. The molecule has 0 aliphatic heterocycles. The lowest BCUT2D eigenvalue weighted by atomic mass is 9.71. The molecule has 1 fully saturated rings. The summed E-state index contributed by atoms with van der Waals surface area (Å²) in [7, 11) is -6.81. The van der Waals surface area contributed by atoms with E-state index in [1.807, 2.05) is 24.3 Å². The van der Waals surface area contributed by atoms with Gasteiger partial charge in [-0.1, -0.05) is 43.3 Å². The van der Waals surface area contributed by atoms with Gasteiger partial charge < -0.3 is 5.11 Å². The number of sulfonamides is 2. The summed E-state index contributed by atoms with van der Waals surface area (Å²) in [5.74, 6) is -0.0795. The van der Waals surface area contributed by atoms with Crippen LogP contribution < -0.4 is 9.44 Å². The molecule has 1 saturated carbocycles. The first-order valence-corrected chi connectivity index (χ1v) is 16.0. The van der Waals surface area contributed by atoms with Crippen LogP contribution in [-0.4, -0.2) is 40.3 Å². The van der Waals surface area contributed by atoms with Crippen LogP contribution in [0, 0.1) is 17.7 Å². The van der Waals surface area contributed by atoms with Crippen LogP contribution in [0.1, 0.15) is 63.1 Å². The Labute approximate surface area is 221 Å². The fourth-order valence-corrected chi connectivity index (χ4v) is 6.71. The van der Waals surface area contributed by atoms with Crippen molar-refractivity contribution in [3.8, 4) is 0 Å². The molecular formula is C27H39FN2O5S2. The van der Waals surface area contributed by atoms with Gasteiger partial charge in [0.2, 0.25) is 20.0 Å². The molecule has 1 aliphatic rings. The van der Waals surface area contributed by atoms with Gasteiger partial charge in [-0.3, -0.25) is 0 Å². The van der Waals surface area contributed by atoms with Gasteiger partial charge >= 0.3 is 0 Å². The fraction of sp³-hybridized carbons (Fsp3) is 0.556. The average molecular weight is 555 g/mol. The molecule has 7 nitrogen and oxygen atoms in total. The fourth-order valence-electron chi connectivity index (χ4n) is 4.74. The van der Waals surface area contributed by atoms with Gasteiger partial charge in [-0.15, -0.1) is 0 Å².